The van der Waals surface area contributed by atoms with Gasteiger partial charge in [-0.05, 0) is 13.0 Å². The minimum absolute atomic E-state index is 0.472. The Labute approximate surface area is 66.1 Å². The molecule has 1 aliphatic rings. The third-order valence-electron chi connectivity index (χ3n) is 1.72. The average Bonchev–Trinajstić information content (AvgIpc) is 2.05. The van der Waals surface area contributed by atoms with Crippen molar-refractivity contribution in [3.63, 3.8) is 0 Å². The Hall–Kier alpha value is -1.54. The zero-order chi connectivity index (χ0) is 8.32. The van der Waals surface area contributed by atoms with Gasteiger partial charge in [0.2, 0.25) is 0 Å². The number of nitriles is 2. The minimum Gasteiger partial charge on any atom is -0.197 e. The van der Waals surface area contributed by atoms with Gasteiger partial charge in [0, 0.05) is 12.0 Å². The SMILES string of the molecule is CC1(C#N)C=CC=C(C#N)C1. The zero-order valence-corrected chi connectivity index (χ0v) is 6.33. The lowest BCUT2D eigenvalue weighted by Crippen LogP contribution is -2.12. The molecule has 1 aliphatic carbocycles. The van der Waals surface area contributed by atoms with E-state index in [2.05, 4.69) is 12.1 Å². The monoisotopic (exact) mass is 144 g/mol. The lowest BCUT2D eigenvalue weighted by atomic mass is 9.82. The molecule has 1 atom stereocenters. The van der Waals surface area contributed by atoms with Crippen molar-refractivity contribution >= 4 is 0 Å². The Morgan fingerprint density at radius 1 is 1.55 bits per heavy atom. The van der Waals surface area contributed by atoms with Crippen LogP contribution in [-0.4, -0.2) is 0 Å². The van der Waals surface area contributed by atoms with Gasteiger partial charge in [-0.15, -0.1) is 0 Å². The molecule has 0 amide bonds. The quantitative estimate of drug-likeness (QED) is 0.521. The smallest absolute Gasteiger partial charge is 0.0947 e. The van der Waals surface area contributed by atoms with Crippen LogP contribution >= 0.6 is 0 Å². The third kappa shape index (κ3) is 1.48. The fourth-order valence-electron chi connectivity index (χ4n) is 1.04. The second-order valence-corrected chi connectivity index (χ2v) is 2.87. The van der Waals surface area contributed by atoms with Crippen molar-refractivity contribution in [3.05, 3.63) is 23.8 Å². The molecule has 0 aromatic heterocycles. The van der Waals surface area contributed by atoms with E-state index in [9.17, 15) is 0 Å². The fourth-order valence-corrected chi connectivity index (χ4v) is 1.04. The largest absolute Gasteiger partial charge is 0.197 e. The molecular weight excluding hydrogens is 136 g/mol. The molecule has 0 radical (unpaired) electrons. The summed E-state index contributed by atoms with van der Waals surface area (Å²) >= 11 is 0. The molecule has 0 aromatic rings. The maximum Gasteiger partial charge on any atom is 0.0947 e. The number of hydrogen-bond acceptors (Lipinski definition) is 2. The molecule has 2 nitrogen and oxygen atoms in total. The molecular formula is C9H8N2. The number of rotatable bonds is 0. The summed E-state index contributed by atoms with van der Waals surface area (Å²) in [5.74, 6) is 0. The maximum atomic E-state index is 8.73. The zero-order valence-electron chi connectivity index (χ0n) is 6.33. The normalized spacial score (nSPS) is 28.5. The van der Waals surface area contributed by atoms with E-state index >= 15 is 0 Å². The highest BCUT2D eigenvalue weighted by Crippen LogP contribution is 2.29. The van der Waals surface area contributed by atoms with Crippen molar-refractivity contribution in [1.29, 1.82) is 10.5 Å². The van der Waals surface area contributed by atoms with Crippen LogP contribution in [0.3, 0.4) is 0 Å². The highest BCUT2D eigenvalue weighted by molar-refractivity contribution is 5.35. The van der Waals surface area contributed by atoms with Gasteiger partial charge in [-0.2, -0.15) is 10.5 Å². The van der Waals surface area contributed by atoms with Gasteiger partial charge in [0.25, 0.3) is 0 Å². The van der Waals surface area contributed by atoms with Crippen LogP contribution in [-0.2, 0) is 0 Å². The molecule has 1 unspecified atom stereocenters. The second-order valence-electron chi connectivity index (χ2n) is 2.87. The van der Waals surface area contributed by atoms with Gasteiger partial charge >= 0.3 is 0 Å². The lowest BCUT2D eigenvalue weighted by Gasteiger charge is -2.18. The van der Waals surface area contributed by atoms with Crippen LogP contribution in [0.15, 0.2) is 23.8 Å². The molecule has 54 valence electrons. The van der Waals surface area contributed by atoms with Crippen molar-refractivity contribution in [2.24, 2.45) is 5.41 Å². The van der Waals surface area contributed by atoms with Crippen LogP contribution in [0.2, 0.25) is 0 Å². The van der Waals surface area contributed by atoms with Crippen LogP contribution in [0, 0.1) is 28.1 Å². The third-order valence-corrected chi connectivity index (χ3v) is 1.72. The fraction of sp³-hybridized carbons (Fsp3) is 0.333. The molecule has 11 heavy (non-hydrogen) atoms. The molecule has 0 aliphatic heterocycles. The van der Waals surface area contributed by atoms with Crippen molar-refractivity contribution in [3.8, 4) is 12.1 Å². The highest BCUT2D eigenvalue weighted by atomic mass is 14.4. The average molecular weight is 144 g/mol. The van der Waals surface area contributed by atoms with Crippen LogP contribution in [0.5, 0.6) is 0 Å². The number of hydrogen-bond donors (Lipinski definition) is 0. The van der Waals surface area contributed by atoms with Crippen LogP contribution in [0.4, 0.5) is 0 Å². The summed E-state index contributed by atoms with van der Waals surface area (Å²) in [7, 11) is 0. The van der Waals surface area contributed by atoms with Crippen molar-refractivity contribution < 1.29 is 0 Å². The first-order valence-electron chi connectivity index (χ1n) is 3.40. The van der Waals surface area contributed by atoms with Gasteiger partial charge in [-0.1, -0.05) is 12.2 Å². The van der Waals surface area contributed by atoms with Gasteiger partial charge < -0.3 is 0 Å². The summed E-state index contributed by atoms with van der Waals surface area (Å²) < 4.78 is 0. The summed E-state index contributed by atoms with van der Waals surface area (Å²) in [5, 5.41) is 17.3. The molecule has 0 bridgehead atoms. The first-order valence-corrected chi connectivity index (χ1v) is 3.40. The summed E-state index contributed by atoms with van der Waals surface area (Å²) in [6, 6.07) is 4.22. The predicted octanol–water partition coefficient (Wildman–Crippen LogP) is 1.93. The lowest BCUT2D eigenvalue weighted by molar-refractivity contribution is 0.562. The summed E-state index contributed by atoms with van der Waals surface area (Å²) in [4.78, 5) is 0. The van der Waals surface area contributed by atoms with Crippen LogP contribution in [0.25, 0.3) is 0 Å². The first-order chi connectivity index (χ1) is 5.20. The molecule has 1 rings (SSSR count). The van der Waals surface area contributed by atoms with Gasteiger partial charge in [0.1, 0.15) is 0 Å². The molecule has 0 spiro atoms. The van der Waals surface area contributed by atoms with Crippen LogP contribution < -0.4 is 0 Å². The maximum absolute atomic E-state index is 8.73. The second kappa shape index (κ2) is 2.60. The van der Waals surface area contributed by atoms with E-state index in [1.54, 1.807) is 12.2 Å². The van der Waals surface area contributed by atoms with Gasteiger partial charge in [0.05, 0.1) is 17.6 Å². The van der Waals surface area contributed by atoms with E-state index in [1.807, 2.05) is 13.0 Å². The topological polar surface area (TPSA) is 47.6 Å². The summed E-state index contributed by atoms with van der Waals surface area (Å²) in [5.41, 5.74) is 0.205. The van der Waals surface area contributed by atoms with E-state index in [0.717, 1.165) is 0 Å². The Morgan fingerprint density at radius 3 is 2.82 bits per heavy atom. The Balaban J connectivity index is 2.89. The first kappa shape index (κ1) is 7.57. The Morgan fingerprint density at radius 2 is 2.27 bits per heavy atom. The number of nitrogens with zero attached hydrogens (tertiary/aromatic N) is 2. The minimum atomic E-state index is -0.472. The standard InChI is InChI=1S/C9H8N2/c1-9(7-11)4-2-3-8(5-9)6-10/h2-4H,5H2,1H3. The van der Waals surface area contributed by atoms with E-state index in [0.29, 0.717) is 12.0 Å². The van der Waals surface area contributed by atoms with Crippen molar-refractivity contribution in [2.75, 3.05) is 0 Å². The van der Waals surface area contributed by atoms with Crippen molar-refractivity contribution in [2.45, 2.75) is 13.3 Å². The molecule has 0 saturated heterocycles. The molecule has 0 fully saturated rings. The molecule has 0 heterocycles. The summed E-state index contributed by atoms with van der Waals surface area (Å²) in [6.45, 7) is 1.83. The molecule has 0 N–H and O–H groups in total. The Bertz CT molecular complexity index is 299. The Kier molecular flexibility index (Phi) is 1.79. The molecule has 0 saturated carbocycles. The highest BCUT2D eigenvalue weighted by Gasteiger charge is 2.23. The van der Waals surface area contributed by atoms with Gasteiger partial charge in [0.15, 0.2) is 0 Å². The van der Waals surface area contributed by atoms with E-state index < -0.39 is 5.41 Å². The number of allylic oxidation sites excluding steroid dienone is 4. The van der Waals surface area contributed by atoms with Gasteiger partial charge in [-0.25, -0.2) is 0 Å². The van der Waals surface area contributed by atoms with E-state index in [-0.39, 0.29) is 0 Å². The summed E-state index contributed by atoms with van der Waals surface area (Å²) in [6.07, 6.45) is 5.88. The van der Waals surface area contributed by atoms with Gasteiger partial charge in [-0.3, -0.25) is 0 Å². The van der Waals surface area contributed by atoms with Crippen molar-refractivity contribution in [1.82, 2.24) is 0 Å². The van der Waals surface area contributed by atoms with E-state index in [1.165, 1.54) is 0 Å². The van der Waals surface area contributed by atoms with E-state index in [4.69, 9.17) is 10.5 Å². The molecule has 0 aromatic carbocycles. The predicted molar refractivity (Wildman–Crippen MR) is 41.2 cm³/mol. The van der Waals surface area contributed by atoms with Crippen LogP contribution in [0.1, 0.15) is 13.3 Å². The molecule has 2 heteroatoms.